The zero-order valence-electron chi connectivity index (χ0n) is 24.0. The van der Waals surface area contributed by atoms with Crippen LogP contribution in [-0.2, 0) is 21.4 Å². The van der Waals surface area contributed by atoms with E-state index in [1.807, 2.05) is 33.9 Å². The molecule has 0 saturated carbocycles. The van der Waals surface area contributed by atoms with E-state index in [4.69, 9.17) is 4.74 Å². The van der Waals surface area contributed by atoms with Crippen LogP contribution in [0.3, 0.4) is 0 Å². The summed E-state index contributed by atoms with van der Waals surface area (Å²) in [6.07, 6.45) is 4.71. The van der Waals surface area contributed by atoms with Gasteiger partial charge in [0.25, 0.3) is 10.0 Å². The van der Waals surface area contributed by atoms with Crippen molar-refractivity contribution < 1.29 is 17.9 Å². The summed E-state index contributed by atoms with van der Waals surface area (Å²) in [5.41, 5.74) is 2.51. The Morgan fingerprint density at radius 1 is 1.00 bits per heavy atom. The minimum Gasteiger partial charge on any atom is -0.497 e. The van der Waals surface area contributed by atoms with Gasteiger partial charge in [0, 0.05) is 56.8 Å². The fraction of sp³-hybridized carbons (Fsp3) is 0.500. The third kappa shape index (κ3) is 5.99. The highest BCUT2D eigenvalue weighted by molar-refractivity contribution is 7.92. The van der Waals surface area contributed by atoms with Crippen LogP contribution in [0.25, 0.3) is 10.9 Å². The Morgan fingerprint density at radius 3 is 2.33 bits per heavy atom. The van der Waals surface area contributed by atoms with Gasteiger partial charge in [-0.05, 0) is 82.2 Å². The number of sulfonamides is 1. The molecule has 40 heavy (non-hydrogen) atoms. The fourth-order valence-electron chi connectivity index (χ4n) is 6.25. The molecule has 10 heteroatoms. The van der Waals surface area contributed by atoms with Gasteiger partial charge in [0.05, 0.1) is 23.2 Å². The van der Waals surface area contributed by atoms with Crippen molar-refractivity contribution in [1.29, 1.82) is 0 Å². The number of methoxy groups -OCH3 is 1. The summed E-state index contributed by atoms with van der Waals surface area (Å²) in [5, 5.41) is 0.919. The first-order valence-corrected chi connectivity index (χ1v) is 15.6. The fourth-order valence-corrected chi connectivity index (χ4v) is 7.77. The SMILES string of the molecule is COc1cc(C)c(S(=O)(=O)Nc2cccc3ccn(CCC(=O)N4CCN(C5CCN(C)CC5)CC4)c23)c(C)c1. The van der Waals surface area contributed by atoms with Crippen molar-refractivity contribution in [3.63, 3.8) is 0 Å². The Labute approximate surface area is 237 Å². The maximum absolute atomic E-state index is 13.5. The van der Waals surface area contributed by atoms with Crippen LogP contribution in [0.15, 0.2) is 47.5 Å². The molecule has 1 aromatic heterocycles. The molecule has 0 aliphatic carbocycles. The summed E-state index contributed by atoms with van der Waals surface area (Å²) in [4.78, 5) is 20.3. The van der Waals surface area contributed by atoms with E-state index in [0.717, 1.165) is 50.2 Å². The standard InChI is InChI=1S/C30H41N5O4S/c1-22-20-26(39-4)21-23(2)30(22)40(37,38)31-27-7-5-6-24-8-14-35(29(24)27)15-11-28(36)34-18-16-33(17-19-34)25-9-12-32(3)13-10-25/h5-8,14,20-21,25,31H,9-13,15-19H2,1-4H3. The van der Waals surface area contributed by atoms with Crippen molar-refractivity contribution in [2.24, 2.45) is 0 Å². The van der Waals surface area contributed by atoms with Crippen LogP contribution in [0, 0.1) is 13.8 Å². The lowest BCUT2D eigenvalue weighted by atomic mass is 10.0. The van der Waals surface area contributed by atoms with Crippen molar-refractivity contribution in [3.05, 3.63) is 53.7 Å². The van der Waals surface area contributed by atoms with E-state index in [1.165, 1.54) is 12.8 Å². The molecule has 0 atom stereocenters. The topological polar surface area (TPSA) is 87.1 Å². The summed E-state index contributed by atoms with van der Waals surface area (Å²) < 4.78 is 37.1. The third-order valence-corrected chi connectivity index (χ3v) is 10.1. The van der Waals surface area contributed by atoms with Crippen LogP contribution in [0.5, 0.6) is 5.75 Å². The maximum Gasteiger partial charge on any atom is 0.262 e. The molecule has 0 spiro atoms. The summed E-state index contributed by atoms with van der Waals surface area (Å²) in [7, 11) is -0.105. The van der Waals surface area contributed by atoms with E-state index < -0.39 is 10.0 Å². The monoisotopic (exact) mass is 567 g/mol. The van der Waals surface area contributed by atoms with Gasteiger partial charge in [-0.15, -0.1) is 0 Å². The van der Waals surface area contributed by atoms with E-state index >= 15 is 0 Å². The van der Waals surface area contributed by atoms with E-state index in [2.05, 4.69) is 21.6 Å². The third-order valence-electron chi connectivity index (χ3n) is 8.41. The first-order chi connectivity index (χ1) is 19.2. The molecule has 2 aromatic carbocycles. The smallest absolute Gasteiger partial charge is 0.262 e. The molecule has 0 unspecified atom stereocenters. The number of para-hydroxylation sites is 1. The van der Waals surface area contributed by atoms with E-state index in [9.17, 15) is 13.2 Å². The van der Waals surface area contributed by atoms with Crippen molar-refractivity contribution >= 4 is 32.5 Å². The van der Waals surface area contributed by atoms with Crippen LogP contribution < -0.4 is 9.46 Å². The summed E-state index contributed by atoms with van der Waals surface area (Å²) in [6.45, 7) is 9.71. The van der Waals surface area contributed by atoms with Crippen LogP contribution in [-0.4, -0.2) is 93.1 Å². The number of nitrogens with zero attached hydrogens (tertiary/aromatic N) is 4. The zero-order chi connectivity index (χ0) is 28.4. The number of aromatic nitrogens is 1. The molecule has 1 amide bonds. The van der Waals surface area contributed by atoms with Crippen molar-refractivity contribution in [2.45, 2.75) is 50.6 Å². The number of piperidine rings is 1. The number of fused-ring (bicyclic) bond motifs is 1. The Bertz CT molecular complexity index is 1450. The second-order valence-corrected chi connectivity index (χ2v) is 12.8. The molecule has 3 aromatic rings. The Kier molecular flexibility index (Phi) is 8.39. The number of nitrogens with one attached hydrogen (secondary N) is 1. The average molecular weight is 568 g/mol. The minimum absolute atomic E-state index is 0.146. The second kappa shape index (κ2) is 11.8. The molecule has 3 heterocycles. The molecule has 2 aliphatic heterocycles. The van der Waals surface area contributed by atoms with Gasteiger partial charge in [0.1, 0.15) is 5.75 Å². The quantitative estimate of drug-likeness (QED) is 0.447. The minimum atomic E-state index is -3.85. The first kappa shape index (κ1) is 28.4. The van der Waals surface area contributed by atoms with Gasteiger partial charge in [0.15, 0.2) is 0 Å². The van der Waals surface area contributed by atoms with Crippen molar-refractivity contribution in [1.82, 2.24) is 19.3 Å². The molecular weight excluding hydrogens is 526 g/mol. The first-order valence-electron chi connectivity index (χ1n) is 14.1. The van der Waals surface area contributed by atoms with Crippen molar-refractivity contribution in [3.8, 4) is 5.75 Å². The molecule has 5 rings (SSSR count). The highest BCUT2D eigenvalue weighted by Gasteiger charge is 2.28. The predicted octanol–water partition coefficient (Wildman–Crippen LogP) is 3.70. The Morgan fingerprint density at radius 2 is 1.68 bits per heavy atom. The van der Waals surface area contributed by atoms with Gasteiger partial charge < -0.3 is 19.1 Å². The maximum atomic E-state index is 13.5. The second-order valence-electron chi connectivity index (χ2n) is 11.1. The number of carbonyl (C=O) groups is 1. The van der Waals surface area contributed by atoms with Gasteiger partial charge >= 0.3 is 0 Å². The Hall–Kier alpha value is -3.08. The number of carbonyl (C=O) groups excluding carboxylic acids is 1. The van der Waals surface area contributed by atoms with Gasteiger partial charge in [-0.2, -0.15) is 0 Å². The molecule has 2 fully saturated rings. The predicted molar refractivity (Wildman–Crippen MR) is 159 cm³/mol. The van der Waals surface area contributed by atoms with Crippen LogP contribution in [0.2, 0.25) is 0 Å². The van der Waals surface area contributed by atoms with Crippen LogP contribution in [0.4, 0.5) is 5.69 Å². The van der Waals surface area contributed by atoms with Gasteiger partial charge in [-0.3, -0.25) is 14.4 Å². The number of piperazine rings is 1. The van der Waals surface area contributed by atoms with Gasteiger partial charge in [-0.1, -0.05) is 12.1 Å². The highest BCUT2D eigenvalue weighted by atomic mass is 32.2. The number of benzene rings is 2. The molecule has 1 N–H and O–H groups in total. The lowest BCUT2D eigenvalue weighted by molar-refractivity contribution is -0.133. The highest BCUT2D eigenvalue weighted by Crippen LogP contribution is 2.31. The molecule has 2 saturated heterocycles. The summed E-state index contributed by atoms with van der Waals surface area (Å²) in [6, 6.07) is 11.6. The number of anilines is 1. The summed E-state index contributed by atoms with van der Waals surface area (Å²) in [5.74, 6) is 0.769. The van der Waals surface area contributed by atoms with Crippen molar-refractivity contribution in [2.75, 3.05) is 58.1 Å². The van der Waals surface area contributed by atoms with Gasteiger partial charge in [-0.25, -0.2) is 8.42 Å². The zero-order valence-corrected chi connectivity index (χ0v) is 24.8. The summed E-state index contributed by atoms with van der Waals surface area (Å²) >= 11 is 0. The molecular formula is C30H41N5O4S. The number of hydrogen-bond donors (Lipinski definition) is 1. The number of rotatable bonds is 8. The number of hydrogen-bond acceptors (Lipinski definition) is 6. The number of likely N-dealkylation sites (tertiary alicyclic amines) is 1. The van der Waals surface area contributed by atoms with Gasteiger partial charge in [0.2, 0.25) is 5.91 Å². The largest absolute Gasteiger partial charge is 0.497 e. The molecule has 9 nitrogen and oxygen atoms in total. The van der Waals surface area contributed by atoms with E-state index in [1.54, 1.807) is 39.2 Å². The molecule has 0 bridgehead atoms. The van der Waals surface area contributed by atoms with E-state index in [0.29, 0.717) is 41.6 Å². The lowest BCUT2D eigenvalue weighted by Gasteiger charge is -2.42. The average Bonchev–Trinajstić information content (AvgIpc) is 3.35. The molecule has 0 radical (unpaired) electrons. The van der Waals surface area contributed by atoms with E-state index in [-0.39, 0.29) is 10.8 Å². The molecule has 2 aliphatic rings. The molecule has 216 valence electrons. The normalized spacial score (nSPS) is 17.9. The lowest BCUT2D eigenvalue weighted by Crippen LogP contribution is -2.54. The number of aryl methyl sites for hydroxylation is 3. The van der Waals surface area contributed by atoms with Crippen LogP contribution >= 0.6 is 0 Å². The van der Waals surface area contributed by atoms with Crippen LogP contribution in [0.1, 0.15) is 30.4 Å². The Balaban J connectivity index is 1.26. The number of ether oxygens (including phenoxy) is 1. The number of amides is 1.